The standard InChI is InChI=1S/C11H10F2N2OS/c1-6(4-10-14-15-11(17)16-10)8-3-2-7(12)5-9(8)13/h2-3,5-6H,4H2,1H3,(H,15,17). The number of rotatable bonds is 3. The smallest absolute Gasteiger partial charge is 0.284 e. The average molecular weight is 256 g/mol. The number of H-pyrrole nitrogens is 1. The largest absolute Gasteiger partial charge is 0.414 e. The molecule has 17 heavy (non-hydrogen) atoms. The van der Waals surface area contributed by atoms with Gasteiger partial charge in [-0.2, -0.15) is 0 Å². The molecule has 2 aromatic rings. The maximum Gasteiger partial charge on any atom is 0.284 e. The van der Waals surface area contributed by atoms with Crippen LogP contribution >= 0.6 is 12.2 Å². The van der Waals surface area contributed by atoms with Gasteiger partial charge >= 0.3 is 0 Å². The monoisotopic (exact) mass is 256 g/mol. The molecule has 2 rings (SSSR count). The molecule has 90 valence electrons. The first-order valence-corrected chi connectivity index (χ1v) is 5.46. The van der Waals surface area contributed by atoms with E-state index in [0.29, 0.717) is 17.9 Å². The fourth-order valence-electron chi connectivity index (χ4n) is 1.62. The van der Waals surface area contributed by atoms with Gasteiger partial charge in [-0.3, -0.25) is 0 Å². The zero-order chi connectivity index (χ0) is 12.4. The van der Waals surface area contributed by atoms with Crippen LogP contribution in [0.1, 0.15) is 24.3 Å². The molecule has 6 heteroatoms. The quantitative estimate of drug-likeness (QED) is 0.856. The molecule has 0 saturated heterocycles. The molecule has 0 radical (unpaired) electrons. The summed E-state index contributed by atoms with van der Waals surface area (Å²) in [6, 6.07) is 3.53. The summed E-state index contributed by atoms with van der Waals surface area (Å²) in [4.78, 5) is 0.187. The first-order valence-electron chi connectivity index (χ1n) is 5.05. The Morgan fingerprint density at radius 3 is 2.82 bits per heavy atom. The number of benzene rings is 1. The van der Waals surface area contributed by atoms with Gasteiger partial charge in [-0.25, -0.2) is 13.9 Å². The number of nitrogens with one attached hydrogen (secondary N) is 1. The fraction of sp³-hybridized carbons (Fsp3) is 0.273. The van der Waals surface area contributed by atoms with E-state index in [1.807, 2.05) is 6.92 Å². The second-order valence-corrected chi connectivity index (χ2v) is 4.15. The molecule has 0 spiro atoms. The molecule has 1 heterocycles. The highest BCUT2D eigenvalue weighted by molar-refractivity contribution is 7.71. The minimum absolute atomic E-state index is 0.169. The zero-order valence-corrected chi connectivity index (χ0v) is 9.85. The molecule has 1 aromatic heterocycles. The van der Waals surface area contributed by atoms with E-state index in [-0.39, 0.29) is 10.8 Å². The van der Waals surface area contributed by atoms with E-state index in [1.165, 1.54) is 12.1 Å². The molecule has 1 atom stereocenters. The fourth-order valence-corrected chi connectivity index (χ4v) is 1.76. The minimum atomic E-state index is -0.587. The highest BCUT2D eigenvalue weighted by atomic mass is 32.1. The van der Waals surface area contributed by atoms with Crippen molar-refractivity contribution in [3.05, 3.63) is 46.1 Å². The van der Waals surface area contributed by atoms with Crippen molar-refractivity contribution in [2.75, 3.05) is 0 Å². The van der Waals surface area contributed by atoms with E-state index in [0.717, 1.165) is 6.07 Å². The van der Waals surface area contributed by atoms with Gasteiger partial charge in [-0.15, -0.1) is 5.10 Å². The van der Waals surface area contributed by atoms with Crippen LogP contribution < -0.4 is 0 Å². The third-order valence-electron chi connectivity index (χ3n) is 2.46. The van der Waals surface area contributed by atoms with Crippen molar-refractivity contribution in [3.63, 3.8) is 0 Å². The maximum atomic E-state index is 13.5. The molecular weight excluding hydrogens is 246 g/mol. The summed E-state index contributed by atoms with van der Waals surface area (Å²) in [5, 5.41) is 6.33. The van der Waals surface area contributed by atoms with Gasteiger partial charge in [-0.1, -0.05) is 13.0 Å². The van der Waals surface area contributed by atoms with Crippen LogP contribution in [0.5, 0.6) is 0 Å². The van der Waals surface area contributed by atoms with Crippen LogP contribution in [0, 0.1) is 16.5 Å². The van der Waals surface area contributed by atoms with Crippen molar-refractivity contribution >= 4 is 12.2 Å². The average Bonchev–Trinajstić information content (AvgIpc) is 2.63. The van der Waals surface area contributed by atoms with Gasteiger partial charge in [-0.05, 0) is 29.8 Å². The molecule has 1 unspecified atom stereocenters. The van der Waals surface area contributed by atoms with Crippen molar-refractivity contribution in [3.8, 4) is 0 Å². The Morgan fingerprint density at radius 2 is 2.24 bits per heavy atom. The van der Waals surface area contributed by atoms with Gasteiger partial charge in [0.15, 0.2) is 0 Å². The summed E-state index contributed by atoms with van der Waals surface area (Å²) in [6.07, 6.45) is 0.399. The normalized spacial score (nSPS) is 12.6. The molecule has 1 N–H and O–H groups in total. The Hall–Kier alpha value is -1.56. The summed E-state index contributed by atoms with van der Waals surface area (Å²) >= 11 is 4.74. The molecule has 0 fully saturated rings. The van der Waals surface area contributed by atoms with Gasteiger partial charge in [0.25, 0.3) is 4.84 Å². The van der Waals surface area contributed by atoms with Gasteiger partial charge in [0.05, 0.1) is 0 Å². The SMILES string of the molecule is CC(Cc1n[nH]c(=S)o1)c1ccc(F)cc1F. The van der Waals surface area contributed by atoms with Crippen LogP contribution in [0.3, 0.4) is 0 Å². The lowest BCUT2D eigenvalue weighted by Gasteiger charge is -2.10. The number of halogens is 2. The van der Waals surface area contributed by atoms with Crippen LogP contribution in [-0.4, -0.2) is 10.2 Å². The zero-order valence-electron chi connectivity index (χ0n) is 9.04. The number of aromatic nitrogens is 2. The van der Waals surface area contributed by atoms with E-state index in [1.54, 1.807) is 0 Å². The van der Waals surface area contributed by atoms with Crippen LogP contribution in [0.4, 0.5) is 8.78 Å². The van der Waals surface area contributed by atoms with Gasteiger partial charge in [0.2, 0.25) is 5.89 Å². The number of aromatic amines is 1. The molecule has 3 nitrogen and oxygen atoms in total. The maximum absolute atomic E-state index is 13.5. The van der Waals surface area contributed by atoms with Crippen LogP contribution in [0.2, 0.25) is 0 Å². The highest BCUT2D eigenvalue weighted by Crippen LogP contribution is 2.22. The molecular formula is C11H10F2N2OS. The van der Waals surface area contributed by atoms with Crippen LogP contribution in [0.25, 0.3) is 0 Å². The van der Waals surface area contributed by atoms with Crippen molar-refractivity contribution in [2.45, 2.75) is 19.3 Å². The Bertz CT molecular complexity index is 579. The first kappa shape index (κ1) is 11.9. The molecule has 0 aliphatic rings. The summed E-state index contributed by atoms with van der Waals surface area (Å²) in [6.45, 7) is 1.81. The summed E-state index contributed by atoms with van der Waals surface area (Å²) in [7, 11) is 0. The third-order valence-corrected chi connectivity index (χ3v) is 2.63. The van der Waals surface area contributed by atoms with Crippen molar-refractivity contribution in [1.29, 1.82) is 0 Å². The Morgan fingerprint density at radius 1 is 1.47 bits per heavy atom. The highest BCUT2D eigenvalue weighted by Gasteiger charge is 2.14. The Labute approximate surface area is 101 Å². The molecule has 0 aliphatic carbocycles. The van der Waals surface area contributed by atoms with E-state index in [2.05, 4.69) is 10.2 Å². The van der Waals surface area contributed by atoms with E-state index < -0.39 is 11.6 Å². The number of hydrogen-bond donors (Lipinski definition) is 1. The van der Waals surface area contributed by atoms with E-state index in [4.69, 9.17) is 16.6 Å². The topological polar surface area (TPSA) is 41.8 Å². The van der Waals surface area contributed by atoms with Gasteiger partial charge < -0.3 is 4.42 Å². The van der Waals surface area contributed by atoms with Crippen molar-refractivity contribution < 1.29 is 13.2 Å². The molecule has 0 saturated carbocycles. The Balaban J connectivity index is 2.19. The van der Waals surface area contributed by atoms with Crippen LogP contribution in [0.15, 0.2) is 22.6 Å². The molecule has 1 aromatic carbocycles. The lowest BCUT2D eigenvalue weighted by Crippen LogP contribution is -2.02. The van der Waals surface area contributed by atoms with Crippen LogP contribution in [-0.2, 0) is 6.42 Å². The van der Waals surface area contributed by atoms with Gasteiger partial charge in [0.1, 0.15) is 11.6 Å². The summed E-state index contributed by atoms with van der Waals surface area (Å²) in [5.41, 5.74) is 0.426. The lowest BCUT2D eigenvalue weighted by atomic mass is 9.97. The van der Waals surface area contributed by atoms with E-state index in [9.17, 15) is 8.78 Å². The third kappa shape index (κ3) is 2.76. The second-order valence-electron chi connectivity index (χ2n) is 3.78. The predicted octanol–water partition coefficient (Wildman–Crippen LogP) is 3.36. The van der Waals surface area contributed by atoms with Crippen molar-refractivity contribution in [1.82, 2.24) is 10.2 Å². The first-order chi connectivity index (χ1) is 8.06. The second kappa shape index (κ2) is 4.75. The Kier molecular flexibility index (Phi) is 3.33. The predicted molar refractivity (Wildman–Crippen MR) is 60.2 cm³/mol. The number of nitrogens with zero attached hydrogens (tertiary/aromatic N) is 1. The lowest BCUT2D eigenvalue weighted by molar-refractivity contribution is 0.461. The van der Waals surface area contributed by atoms with Gasteiger partial charge in [0, 0.05) is 12.5 Å². The van der Waals surface area contributed by atoms with Crippen molar-refractivity contribution in [2.24, 2.45) is 0 Å². The summed E-state index contributed by atoms with van der Waals surface area (Å²) in [5.74, 6) is -0.911. The van der Waals surface area contributed by atoms with E-state index >= 15 is 0 Å². The molecule has 0 aliphatic heterocycles. The number of hydrogen-bond acceptors (Lipinski definition) is 3. The molecule has 0 bridgehead atoms. The summed E-state index contributed by atoms with van der Waals surface area (Å²) < 4.78 is 31.3. The minimum Gasteiger partial charge on any atom is -0.414 e. The molecule has 0 amide bonds.